The van der Waals surface area contributed by atoms with E-state index in [-0.39, 0.29) is 6.04 Å². The third-order valence-electron chi connectivity index (χ3n) is 1.79. The first-order valence-corrected chi connectivity index (χ1v) is 4.48. The first-order chi connectivity index (χ1) is 6.63. The van der Waals surface area contributed by atoms with Crippen molar-refractivity contribution in [3.63, 3.8) is 0 Å². The van der Waals surface area contributed by atoms with Crippen LogP contribution in [-0.4, -0.2) is 36.9 Å². The molecule has 2 N–H and O–H groups in total. The lowest BCUT2D eigenvalue weighted by atomic mass is 10.3. The van der Waals surface area contributed by atoms with E-state index in [4.69, 9.17) is 10.5 Å². The van der Waals surface area contributed by atoms with Crippen LogP contribution in [0.5, 0.6) is 5.88 Å². The maximum absolute atomic E-state index is 5.67. The molecule has 0 bridgehead atoms. The van der Waals surface area contributed by atoms with Crippen molar-refractivity contribution < 1.29 is 4.74 Å². The van der Waals surface area contributed by atoms with Gasteiger partial charge in [0, 0.05) is 25.7 Å². The normalized spacial score (nSPS) is 12.3. The minimum absolute atomic E-state index is 0.115. The summed E-state index contributed by atoms with van der Waals surface area (Å²) in [6.45, 7) is 2.70. The van der Waals surface area contributed by atoms with Gasteiger partial charge < -0.3 is 15.4 Å². The Balaban J connectivity index is 2.66. The first-order valence-electron chi connectivity index (χ1n) is 4.48. The molecule has 0 saturated heterocycles. The van der Waals surface area contributed by atoms with E-state index in [9.17, 15) is 0 Å². The molecule has 0 amide bonds. The second kappa shape index (κ2) is 4.76. The van der Waals surface area contributed by atoms with Gasteiger partial charge in [0.2, 0.25) is 5.88 Å². The van der Waals surface area contributed by atoms with E-state index in [0.717, 1.165) is 12.4 Å². The highest BCUT2D eigenvalue weighted by molar-refractivity contribution is 5.37. The Bertz CT molecular complexity index is 273. The van der Waals surface area contributed by atoms with Gasteiger partial charge in [-0.15, -0.1) is 10.2 Å². The van der Waals surface area contributed by atoms with E-state index in [1.807, 2.05) is 24.9 Å². The molecular weight excluding hydrogens is 180 g/mol. The second-order valence-corrected chi connectivity index (χ2v) is 3.29. The summed E-state index contributed by atoms with van der Waals surface area (Å²) in [6, 6.07) is 3.75. The lowest BCUT2D eigenvalue weighted by Crippen LogP contribution is -2.33. The maximum Gasteiger partial charge on any atom is 0.233 e. The van der Waals surface area contributed by atoms with Crippen LogP contribution in [-0.2, 0) is 0 Å². The van der Waals surface area contributed by atoms with Gasteiger partial charge in [-0.3, -0.25) is 0 Å². The highest BCUT2D eigenvalue weighted by atomic mass is 16.5. The summed E-state index contributed by atoms with van der Waals surface area (Å²) < 4.78 is 4.91. The standard InChI is InChI=1S/C9H16N4O/c1-7(10)6-13(2)8-4-5-9(14-3)12-11-8/h4-5,7H,6,10H2,1-3H3. The van der Waals surface area contributed by atoms with Gasteiger partial charge >= 0.3 is 0 Å². The van der Waals surface area contributed by atoms with E-state index in [1.54, 1.807) is 13.2 Å². The molecule has 1 heterocycles. The third-order valence-corrected chi connectivity index (χ3v) is 1.79. The second-order valence-electron chi connectivity index (χ2n) is 3.29. The quantitative estimate of drug-likeness (QED) is 0.748. The maximum atomic E-state index is 5.67. The molecular formula is C9H16N4O. The van der Waals surface area contributed by atoms with Crippen LogP contribution < -0.4 is 15.4 Å². The monoisotopic (exact) mass is 196 g/mol. The minimum Gasteiger partial charge on any atom is -0.480 e. The molecule has 1 rings (SSSR count). The number of nitrogens with zero attached hydrogens (tertiary/aromatic N) is 3. The Kier molecular flexibility index (Phi) is 3.64. The van der Waals surface area contributed by atoms with Crippen LogP contribution in [0, 0.1) is 0 Å². The minimum atomic E-state index is 0.115. The van der Waals surface area contributed by atoms with Crippen LogP contribution in [0.4, 0.5) is 5.82 Å². The third kappa shape index (κ3) is 2.85. The molecule has 1 aromatic heterocycles. The molecule has 0 saturated carbocycles. The summed E-state index contributed by atoms with van der Waals surface area (Å²) in [5, 5.41) is 7.87. The van der Waals surface area contributed by atoms with Crippen LogP contribution in [0.15, 0.2) is 12.1 Å². The van der Waals surface area contributed by atoms with Crippen LogP contribution in [0.25, 0.3) is 0 Å². The molecule has 0 aromatic carbocycles. The van der Waals surface area contributed by atoms with Gasteiger partial charge in [-0.25, -0.2) is 0 Å². The number of aromatic nitrogens is 2. The van der Waals surface area contributed by atoms with Crippen LogP contribution in [0.3, 0.4) is 0 Å². The van der Waals surface area contributed by atoms with Gasteiger partial charge in [-0.2, -0.15) is 0 Å². The zero-order valence-electron chi connectivity index (χ0n) is 8.77. The highest BCUT2D eigenvalue weighted by Gasteiger charge is 2.05. The number of hydrogen-bond donors (Lipinski definition) is 1. The van der Waals surface area contributed by atoms with Crippen LogP contribution in [0.1, 0.15) is 6.92 Å². The number of methoxy groups -OCH3 is 1. The molecule has 5 nitrogen and oxygen atoms in total. The molecule has 0 radical (unpaired) electrons. The molecule has 1 unspecified atom stereocenters. The van der Waals surface area contributed by atoms with Crippen molar-refractivity contribution >= 4 is 5.82 Å². The van der Waals surface area contributed by atoms with Crippen molar-refractivity contribution in [2.45, 2.75) is 13.0 Å². The number of anilines is 1. The molecule has 0 aliphatic heterocycles. The number of nitrogens with two attached hydrogens (primary N) is 1. The Morgan fingerprint density at radius 1 is 1.50 bits per heavy atom. The van der Waals surface area contributed by atoms with E-state index in [1.165, 1.54) is 0 Å². The smallest absolute Gasteiger partial charge is 0.233 e. The van der Waals surface area contributed by atoms with Crippen LogP contribution >= 0.6 is 0 Å². The molecule has 0 aliphatic carbocycles. The van der Waals surface area contributed by atoms with E-state index in [0.29, 0.717) is 5.88 Å². The average molecular weight is 196 g/mol. The summed E-state index contributed by atoms with van der Waals surface area (Å²) in [4.78, 5) is 1.96. The summed E-state index contributed by atoms with van der Waals surface area (Å²) >= 11 is 0. The Morgan fingerprint density at radius 3 is 2.64 bits per heavy atom. The molecule has 0 fully saturated rings. The summed E-state index contributed by atoms with van der Waals surface area (Å²) in [7, 11) is 3.50. The number of hydrogen-bond acceptors (Lipinski definition) is 5. The fraction of sp³-hybridized carbons (Fsp3) is 0.556. The van der Waals surface area contributed by atoms with Gasteiger partial charge in [0.05, 0.1) is 7.11 Å². The predicted octanol–water partition coefficient (Wildman–Crippen LogP) is 0.269. The summed E-state index contributed by atoms with van der Waals surface area (Å²) in [5.41, 5.74) is 5.67. The van der Waals surface area contributed by atoms with Gasteiger partial charge in [0.25, 0.3) is 0 Å². The fourth-order valence-corrected chi connectivity index (χ4v) is 1.15. The summed E-state index contributed by atoms with van der Waals surface area (Å²) in [6.07, 6.45) is 0. The average Bonchev–Trinajstić information content (AvgIpc) is 2.17. The molecule has 78 valence electrons. The highest BCUT2D eigenvalue weighted by Crippen LogP contribution is 2.10. The first kappa shape index (κ1) is 10.7. The zero-order valence-corrected chi connectivity index (χ0v) is 8.77. The lowest BCUT2D eigenvalue weighted by molar-refractivity contribution is 0.392. The van der Waals surface area contributed by atoms with Gasteiger partial charge in [-0.05, 0) is 13.0 Å². The Morgan fingerprint density at radius 2 is 2.21 bits per heavy atom. The SMILES string of the molecule is COc1ccc(N(C)CC(C)N)nn1. The molecule has 5 heteroatoms. The predicted molar refractivity (Wildman–Crippen MR) is 55.5 cm³/mol. The largest absolute Gasteiger partial charge is 0.480 e. The van der Waals surface area contributed by atoms with Gasteiger partial charge in [0.15, 0.2) is 5.82 Å². The molecule has 0 spiro atoms. The molecule has 0 aliphatic rings. The van der Waals surface area contributed by atoms with Crippen molar-refractivity contribution in [2.24, 2.45) is 5.73 Å². The van der Waals surface area contributed by atoms with E-state index < -0.39 is 0 Å². The number of likely N-dealkylation sites (N-methyl/N-ethyl adjacent to an activating group) is 1. The summed E-state index contributed by atoms with van der Waals surface area (Å²) in [5.74, 6) is 1.31. The molecule has 1 aromatic rings. The Hall–Kier alpha value is -1.36. The van der Waals surface area contributed by atoms with Crippen molar-refractivity contribution in [3.8, 4) is 5.88 Å². The van der Waals surface area contributed by atoms with Gasteiger partial charge in [0.1, 0.15) is 0 Å². The molecule has 1 atom stereocenters. The number of ether oxygens (including phenoxy) is 1. The Labute approximate surface area is 83.9 Å². The van der Waals surface area contributed by atoms with Crippen LogP contribution in [0.2, 0.25) is 0 Å². The van der Waals surface area contributed by atoms with Crippen molar-refractivity contribution in [3.05, 3.63) is 12.1 Å². The topological polar surface area (TPSA) is 64.3 Å². The van der Waals surface area contributed by atoms with Gasteiger partial charge in [-0.1, -0.05) is 0 Å². The van der Waals surface area contributed by atoms with E-state index in [2.05, 4.69) is 10.2 Å². The lowest BCUT2D eigenvalue weighted by Gasteiger charge is -2.19. The van der Waals surface area contributed by atoms with Crippen molar-refractivity contribution in [2.75, 3.05) is 25.6 Å². The van der Waals surface area contributed by atoms with Crippen molar-refractivity contribution in [1.82, 2.24) is 10.2 Å². The van der Waals surface area contributed by atoms with Crippen molar-refractivity contribution in [1.29, 1.82) is 0 Å². The number of rotatable bonds is 4. The zero-order chi connectivity index (χ0) is 10.6. The molecule has 14 heavy (non-hydrogen) atoms. The van der Waals surface area contributed by atoms with E-state index >= 15 is 0 Å². The fourth-order valence-electron chi connectivity index (χ4n) is 1.15.